The summed E-state index contributed by atoms with van der Waals surface area (Å²) in [6, 6.07) is 0. The molecule has 1 aliphatic heterocycles. The van der Waals surface area contributed by atoms with Gasteiger partial charge in [0.2, 0.25) is 5.91 Å². The predicted octanol–water partition coefficient (Wildman–Crippen LogP) is 1.08. The van der Waals surface area contributed by atoms with Gasteiger partial charge in [-0.05, 0) is 43.3 Å². The number of hydrogen-bond donors (Lipinski definition) is 0. The quantitative estimate of drug-likeness (QED) is 0.572. The molecule has 1 saturated heterocycles. The molecule has 0 radical (unpaired) electrons. The first-order valence-corrected chi connectivity index (χ1v) is 7.19. The van der Waals surface area contributed by atoms with E-state index in [-0.39, 0.29) is 24.5 Å². The smallest absolute Gasteiger partial charge is 0.325 e. The molecule has 0 bridgehead atoms. The van der Waals surface area contributed by atoms with Crippen LogP contribution in [-0.4, -0.2) is 42.8 Å². The molecule has 1 heterocycles. The summed E-state index contributed by atoms with van der Waals surface area (Å²) >= 11 is 0. The number of carbonyl (C=O) groups is 3. The third kappa shape index (κ3) is 1.96. The van der Waals surface area contributed by atoms with Crippen molar-refractivity contribution >= 4 is 17.7 Å². The number of methoxy groups -OCH3 is 1. The second-order valence-electron chi connectivity index (χ2n) is 5.98. The number of ether oxygens (including phenoxy) is 1. The number of allylic oxidation sites excluding steroid dienone is 1. The van der Waals surface area contributed by atoms with E-state index in [0.29, 0.717) is 24.5 Å². The zero-order chi connectivity index (χ0) is 14.3. The molecule has 5 nitrogen and oxygen atoms in total. The van der Waals surface area contributed by atoms with Gasteiger partial charge in [0.15, 0.2) is 11.2 Å². The van der Waals surface area contributed by atoms with Crippen LogP contribution in [0.3, 0.4) is 0 Å². The van der Waals surface area contributed by atoms with Gasteiger partial charge in [0.1, 0.15) is 0 Å². The highest BCUT2D eigenvalue weighted by atomic mass is 16.5. The molecule has 0 spiro atoms. The first-order chi connectivity index (χ1) is 9.57. The summed E-state index contributed by atoms with van der Waals surface area (Å²) in [5.41, 5.74) is -0.576. The van der Waals surface area contributed by atoms with Crippen molar-refractivity contribution in [1.29, 1.82) is 0 Å². The van der Waals surface area contributed by atoms with Crippen LogP contribution in [0.1, 0.15) is 32.1 Å². The van der Waals surface area contributed by atoms with Gasteiger partial charge in [-0.15, -0.1) is 0 Å². The fourth-order valence-electron chi connectivity index (χ4n) is 3.30. The van der Waals surface area contributed by atoms with E-state index in [1.54, 1.807) is 4.90 Å². The number of esters is 1. The van der Waals surface area contributed by atoms with Gasteiger partial charge in [-0.1, -0.05) is 0 Å². The van der Waals surface area contributed by atoms with Crippen LogP contribution in [0.25, 0.3) is 0 Å². The minimum absolute atomic E-state index is 0.00275. The van der Waals surface area contributed by atoms with Crippen LogP contribution in [0, 0.1) is 11.3 Å². The Kier molecular flexibility index (Phi) is 3.15. The monoisotopic (exact) mass is 277 g/mol. The summed E-state index contributed by atoms with van der Waals surface area (Å²) in [5.74, 6) is -0.0876. The highest BCUT2D eigenvalue weighted by molar-refractivity contribution is 6.10. The molecule has 20 heavy (non-hydrogen) atoms. The van der Waals surface area contributed by atoms with E-state index in [1.165, 1.54) is 13.2 Å². The fraction of sp³-hybridized carbons (Fsp3) is 0.667. The summed E-state index contributed by atoms with van der Waals surface area (Å²) in [7, 11) is 1.30. The summed E-state index contributed by atoms with van der Waals surface area (Å²) < 4.78 is 4.89. The highest BCUT2D eigenvalue weighted by Crippen LogP contribution is 2.45. The number of ketones is 1. The number of fused-ring (bicyclic) bond motifs is 1. The lowest BCUT2D eigenvalue weighted by Crippen LogP contribution is -2.56. The Morgan fingerprint density at radius 1 is 1.40 bits per heavy atom. The maximum Gasteiger partial charge on any atom is 0.325 e. The molecule has 0 N–H and O–H groups in total. The Balaban J connectivity index is 1.95. The summed E-state index contributed by atoms with van der Waals surface area (Å²) in [5, 5.41) is 0. The normalized spacial score (nSPS) is 29.9. The molecule has 3 aliphatic rings. The maximum absolute atomic E-state index is 12.8. The Hall–Kier alpha value is -1.65. The third-order valence-electron chi connectivity index (χ3n) is 4.64. The van der Waals surface area contributed by atoms with E-state index < -0.39 is 11.4 Å². The van der Waals surface area contributed by atoms with Crippen LogP contribution in [0.4, 0.5) is 0 Å². The minimum atomic E-state index is -1.23. The molecule has 0 aromatic rings. The van der Waals surface area contributed by atoms with E-state index in [2.05, 4.69) is 0 Å². The van der Waals surface area contributed by atoms with E-state index in [9.17, 15) is 14.4 Å². The molecule has 1 unspecified atom stereocenters. The van der Waals surface area contributed by atoms with Crippen LogP contribution >= 0.6 is 0 Å². The van der Waals surface area contributed by atoms with Crippen LogP contribution in [0.2, 0.25) is 0 Å². The van der Waals surface area contributed by atoms with Gasteiger partial charge < -0.3 is 9.64 Å². The lowest BCUT2D eigenvalue weighted by atomic mass is 9.68. The van der Waals surface area contributed by atoms with Crippen molar-refractivity contribution in [3.8, 4) is 0 Å². The number of nitrogens with zero attached hydrogens (tertiary/aromatic N) is 1. The highest BCUT2D eigenvalue weighted by Gasteiger charge is 2.55. The molecule has 2 aliphatic carbocycles. The molecule has 108 valence electrons. The van der Waals surface area contributed by atoms with Crippen molar-refractivity contribution < 1.29 is 19.1 Å². The first kappa shape index (κ1) is 13.3. The maximum atomic E-state index is 12.8. The van der Waals surface area contributed by atoms with Gasteiger partial charge in [-0.3, -0.25) is 14.4 Å². The average molecular weight is 277 g/mol. The zero-order valence-corrected chi connectivity index (χ0v) is 11.7. The van der Waals surface area contributed by atoms with Crippen molar-refractivity contribution in [3.63, 3.8) is 0 Å². The number of piperidine rings is 1. The molecule has 5 heteroatoms. The van der Waals surface area contributed by atoms with Crippen molar-refractivity contribution in [2.45, 2.75) is 32.1 Å². The van der Waals surface area contributed by atoms with Crippen LogP contribution in [0.15, 0.2) is 11.6 Å². The fourth-order valence-corrected chi connectivity index (χ4v) is 3.30. The summed E-state index contributed by atoms with van der Waals surface area (Å²) in [6.07, 6.45) is 4.91. The van der Waals surface area contributed by atoms with Gasteiger partial charge in [0, 0.05) is 19.5 Å². The lowest BCUT2D eigenvalue weighted by Gasteiger charge is -2.43. The molecular weight excluding hydrogens is 258 g/mol. The van der Waals surface area contributed by atoms with E-state index >= 15 is 0 Å². The van der Waals surface area contributed by atoms with Crippen molar-refractivity contribution in [2.75, 3.05) is 20.2 Å². The van der Waals surface area contributed by atoms with Crippen LogP contribution < -0.4 is 0 Å². The molecule has 0 aromatic heterocycles. The second-order valence-corrected chi connectivity index (χ2v) is 5.98. The number of rotatable bonds is 3. The van der Waals surface area contributed by atoms with Gasteiger partial charge in [0.05, 0.1) is 7.11 Å². The second kappa shape index (κ2) is 4.72. The number of likely N-dealkylation sites (tertiary alicyclic amines) is 1. The van der Waals surface area contributed by atoms with Gasteiger partial charge in [0.25, 0.3) is 0 Å². The molecular formula is C15H19NO4. The Morgan fingerprint density at radius 3 is 2.80 bits per heavy atom. The molecule has 2 fully saturated rings. The standard InChI is InChI=1S/C15H19NO4/c1-20-14(19)15-6-4-12(17)8-11(15)5-7-16(13(15)18)9-10-2-3-10/h8,10H,2-7,9H2,1H3. The van der Waals surface area contributed by atoms with Crippen LogP contribution in [-0.2, 0) is 19.1 Å². The van der Waals surface area contributed by atoms with E-state index in [4.69, 9.17) is 4.74 Å². The van der Waals surface area contributed by atoms with Gasteiger partial charge in [-0.2, -0.15) is 0 Å². The topological polar surface area (TPSA) is 63.7 Å². The minimum Gasteiger partial charge on any atom is -0.468 e. The number of carbonyl (C=O) groups excluding carboxylic acids is 3. The van der Waals surface area contributed by atoms with Crippen molar-refractivity contribution in [3.05, 3.63) is 11.6 Å². The number of hydrogen-bond acceptors (Lipinski definition) is 4. The Labute approximate surface area is 117 Å². The largest absolute Gasteiger partial charge is 0.468 e. The SMILES string of the molecule is COC(=O)C12CCC(=O)C=C1CCN(CC1CC1)C2=O. The van der Waals surface area contributed by atoms with Crippen LogP contribution in [0.5, 0.6) is 0 Å². The molecule has 0 aromatic carbocycles. The first-order valence-electron chi connectivity index (χ1n) is 7.19. The molecule has 3 rings (SSSR count). The van der Waals surface area contributed by atoms with E-state index in [0.717, 1.165) is 19.4 Å². The average Bonchev–Trinajstić information content (AvgIpc) is 3.25. The molecule has 1 saturated carbocycles. The zero-order valence-electron chi connectivity index (χ0n) is 11.7. The predicted molar refractivity (Wildman–Crippen MR) is 70.7 cm³/mol. The third-order valence-corrected chi connectivity index (χ3v) is 4.64. The van der Waals surface area contributed by atoms with E-state index in [1.807, 2.05) is 0 Å². The molecule has 1 atom stereocenters. The summed E-state index contributed by atoms with van der Waals surface area (Å²) in [6.45, 7) is 1.34. The van der Waals surface area contributed by atoms with Gasteiger partial charge >= 0.3 is 5.97 Å². The Bertz CT molecular complexity index is 506. The van der Waals surface area contributed by atoms with Crippen molar-refractivity contribution in [1.82, 2.24) is 4.90 Å². The number of amides is 1. The van der Waals surface area contributed by atoms with Crippen molar-refractivity contribution in [2.24, 2.45) is 11.3 Å². The van der Waals surface area contributed by atoms with Gasteiger partial charge in [-0.25, -0.2) is 0 Å². The molecule has 1 amide bonds. The summed E-state index contributed by atoms with van der Waals surface area (Å²) in [4.78, 5) is 38.5. The lowest BCUT2D eigenvalue weighted by molar-refractivity contribution is -0.163. The Morgan fingerprint density at radius 2 is 2.15 bits per heavy atom.